The highest BCUT2D eigenvalue weighted by Crippen LogP contribution is 2.36. The zero-order valence-corrected chi connectivity index (χ0v) is 34.3. The first-order chi connectivity index (χ1) is 24.8. The predicted octanol–water partition coefficient (Wildman–Crippen LogP) is 7.52. The zero-order valence-electron chi connectivity index (χ0n) is 33.3. The van der Waals surface area contributed by atoms with Crippen molar-refractivity contribution >= 4 is 37.0 Å². The minimum Gasteiger partial charge on any atom is -0.488 e. The third-order valence-electron chi connectivity index (χ3n) is 9.26. The van der Waals surface area contributed by atoms with Crippen LogP contribution in [0.1, 0.15) is 72.9 Å². The molecule has 0 fully saturated rings. The van der Waals surface area contributed by atoms with E-state index in [1.807, 2.05) is 101 Å². The van der Waals surface area contributed by atoms with Crippen LogP contribution in [0.5, 0.6) is 5.75 Å². The molecule has 3 rings (SSSR count). The number of ether oxygens (including phenoxy) is 3. The van der Waals surface area contributed by atoms with E-state index in [1.165, 1.54) is 0 Å². The largest absolute Gasteiger partial charge is 0.488 e. The van der Waals surface area contributed by atoms with Gasteiger partial charge in [-0.05, 0) is 86.8 Å². The maximum absolute atomic E-state index is 14.8. The number of hydrogen-bond acceptors (Lipinski definition) is 7. The molecule has 2 atom stereocenters. The SMILES string of the molecule is CCOC(CN(Cc1cccc2ccccc12)C(=O)[C@H](Cc1ccc(OC(C)(C)C)cc1)NC(=O)C[C@H](CO[Si](C)(C)C(C)(C)C)NC(=O)O)OCC. The van der Waals surface area contributed by atoms with Crippen molar-refractivity contribution in [2.45, 2.75) is 117 Å². The molecule has 0 saturated carbocycles. The van der Waals surface area contributed by atoms with Crippen LogP contribution < -0.4 is 15.4 Å². The molecule has 3 N–H and O–H groups in total. The summed E-state index contributed by atoms with van der Waals surface area (Å²) in [6.45, 7) is 21.2. The van der Waals surface area contributed by atoms with Crippen LogP contribution in [0.3, 0.4) is 0 Å². The van der Waals surface area contributed by atoms with Gasteiger partial charge in [0.2, 0.25) is 11.8 Å². The number of rotatable bonds is 19. The molecule has 0 aliphatic carbocycles. The lowest BCUT2D eigenvalue weighted by molar-refractivity contribution is -0.161. The third-order valence-corrected chi connectivity index (χ3v) is 13.8. The lowest BCUT2D eigenvalue weighted by Gasteiger charge is -2.37. The Bertz CT molecular complexity index is 1620. The Hall–Kier alpha value is -3.97. The van der Waals surface area contributed by atoms with Gasteiger partial charge in [0.05, 0.1) is 19.2 Å². The van der Waals surface area contributed by atoms with Gasteiger partial charge < -0.3 is 39.3 Å². The molecule has 3 aromatic rings. The molecular formula is C41H61N3O8Si. The fourth-order valence-electron chi connectivity index (χ4n) is 5.61. The lowest BCUT2D eigenvalue weighted by atomic mass is 10.0. The fourth-order valence-corrected chi connectivity index (χ4v) is 6.66. The van der Waals surface area contributed by atoms with E-state index < -0.39 is 38.7 Å². The topological polar surface area (TPSA) is 136 Å². The summed E-state index contributed by atoms with van der Waals surface area (Å²) in [4.78, 5) is 42.1. The van der Waals surface area contributed by atoms with Crippen LogP contribution >= 0.6 is 0 Å². The number of amides is 3. The van der Waals surface area contributed by atoms with Crippen molar-refractivity contribution in [3.8, 4) is 5.75 Å². The second-order valence-corrected chi connectivity index (χ2v) is 20.6. The smallest absolute Gasteiger partial charge is 0.404 e. The maximum Gasteiger partial charge on any atom is 0.404 e. The summed E-state index contributed by atoms with van der Waals surface area (Å²) in [6.07, 6.45) is -1.98. The van der Waals surface area contributed by atoms with Crippen LogP contribution in [0.25, 0.3) is 10.8 Å². The highest BCUT2D eigenvalue weighted by atomic mass is 28.4. The average molecular weight is 752 g/mol. The highest BCUT2D eigenvalue weighted by molar-refractivity contribution is 6.74. The van der Waals surface area contributed by atoms with Crippen LogP contribution in [0.4, 0.5) is 4.79 Å². The zero-order chi connectivity index (χ0) is 39.4. The van der Waals surface area contributed by atoms with Crippen molar-refractivity contribution in [2.24, 2.45) is 0 Å². The summed E-state index contributed by atoms with van der Waals surface area (Å²) in [5.41, 5.74) is 1.36. The minimum absolute atomic E-state index is 0.0294. The highest BCUT2D eigenvalue weighted by Gasteiger charge is 2.38. The number of nitrogens with one attached hydrogen (secondary N) is 2. The van der Waals surface area contributed by atoms with Gasteiger partial charge in [-0.2, -0.15) is 0 Å². The molecule has 0 bridgehead atoms. The first kappa shape index (κ1) is 43.4. The molecule has 292 valence electrons. The Morgan fingerprint density at radius 2 is 1.47 bits per heavy atom. The first-order valence-corrected chi connectivity index (χ1v) is 21.4. The van der Waals surface area contributed by atoms with Crippen LogP contribution in [0.2, 0.25) is 18.1 Å². The Kier molecular flexibility index (Phi) is 15.9. The number of carbonyl (C=O) groups is 3. The second kappa shape index (κ2) is 19.4. The number of benzene rings is 3. The number of carbonyl (C=O) groups excluding carboxylic acids is 2. The van der Waals surface area contributed by atoms with E-state index in [4.69, 9.17) is 18.6 Å². The molecule has 0 spiro atoms. The van der Waals surface area contributed by atoms with Gasteiger partial charge in [-0.25, -0.2) is 4.79 Å². The molecule has 0 unspecified atom stereocenters. The molecule has 0 saturated heterocycles. The van der Waals surface area contributed by atoms with E-state index >= 15 is 0 Å². The van der Waals surface area contributed by atoms with E-state index in [1.54, 1.807) is 4.90 Å². The summed E-state index contributed by atoms with van der Waals surface area (Å²) in [5, 5.41) is 17.0. The molecule has 3 amide bonds. The van der Waals surface area contributed by atoms with E-state index in [9.17, 15) is 19.5 Å². The molecule has 12 heteroatoms. The van der Waals surface area contributed by atoms with Crippen LogP contribution in [-0.2, 0) is 36.5 Å². The Morgan fingerprint density at radius 1 is 0.849 bits per heavy atom. The quantitative estimate of drug-likeness (QED) is 0.0846. The van der Waals surface area contributed by atoms with Gasteiger partial charge in [0, 0.05) is 32.6 Å². The normalized spacial score (nSPS) is 13.4. The molecule has 11 nitrogen and oxygen atoms in total. The second-order valence-electron chi connectivity index (χ2n) is 15.8. The van der Waals surface area contributed by atoms with E-state index in [2.05, 4.69) is 44.5 Å². The summed E-state index contributed by atoms with van der Waals surface area (Å²) in [5.74, 6) is -0.123. The Balaban J connectivity index is 1.99. The summed E-state index contributed by atoms with van der Waals surface area (Å²) < 4.78 is 24.1. The number of hydrogen-bond donors (Lipinski definition) is 3. The Morgan fingerprint density at radius 3 is 2.06 bits per heavy atom. The molecule has 3 aromatic carbocycles. The van der Waals surface area contributed by atoms with Gasteiger partial charge in [0.1, 0.15) is 17.4 Å². The van der Waals surface area contributed by atoms with Gasteiger partial charge in [0.25, 0.3) is 0 Å². The maximum atomic E-state index is 14.8. The van der Waals surface area contributed by atoms with Crippen LogP contribution in [0, 0.1) is 0 Å². The summed E-state index contributed by atoms with van der Waals surface area (Å²) in [6, 6.07) is 19.6. The molecular weight excluding hydrogens is 691 g/mol. The van der Waals surface area contributed by atoms with Gasteiger partial charge in [0.15, 0.2) is 14.6 Å². The molecule has 53 heavy (non-hydrogen) atoms. The number of nitrogens with zero attached hydrogens (tertiary/aromatic N) is 1. The van der Waals surface area contributed by atoms with Crippen LogP contribution in [0.15, 0.2) is 66.7 Å². The van der Waals surface area contributed by atoms with E-state index in [-0.39, 0.29) is 49.1 Å². The standard InChI is InChI=1S/C41H61N3O8Si/c1-11-49-37(50-12-2)27-44(26-31-18-15-17-30-16-13-14-19-34(30)31)38(46)35(24-29-20-22-33(23-21-29)52-40(3,4)5)43-36(45)25-32(42-39(47)48)28-51-53(9,10)41(6,7)8/h13-23,32,35,37,42H,11-12,24-28H2,1-10H3,(H,43,45)(H,47,48)/t32-,35+/m1/s1. The van der Waals surface area contributed by atoms with Gasteiger partial charge >= 0.3 is 6.09 Å². The molecule has 0 aromatic heterocycles. The van der Waals surface area contributed by atoms with Gasteiger partial charge in [-0.1, -0.05) is 75.4 Å². The number of carboxylic acid groups (broad SMARTS) is 1. The molecule has 0 heterocycles. The summed E-state index contributed by atoms with van der Waals surface area (Å²) >= 11 is 0. The van der Waals surface area contributed by atoms with Crippen LogP contribution in [-0.4, -0.2) is 86.6 Å². The van der Waals surface area contributed by atoms with E-state index in [0.717, 1.165) is 21.9 Å². The summed E-state index contributed by atoms with van der Waals surface area (Å²) in [7, 11) is -2.25. The monoisotopic (exact) mass is 751 g/mol. The molecule has 0 aliphatic heterocycles. The molecule has 0 aliphatic rings. The predicted molar refractivity (Wildman–Crippen MR) is 212 cm³/mol. The van der Waals surface area contributed by atoms with Crippen molar-refractivity contribution in [3.05, 3.63) is 77.9 Å². The lowest BCUT2D eigenvalue weighted by Crippen LogP contribution is -2.53. The van der Waals surface area contributed by atoms with Gasteiger partial charge in [-0.3, -0.25) is 9.59 Å². The number of fused-ring (bicyclic) bond motifs is 1. The van der Waals surface area contributed by atoms with Crippen molar-refractivity contribution in [3.63, 3.8) is 0 Å². The van der Waals surface area contributed by atoms with Crippen molar-refractivity contribution in [2.75, 3.05) is 26.4 Å². The average Bonchev–Trinajstić information content (AvgIpc) is 3.06. The molecule has 0 radical (unpaired) electrons. The van der Waals surface area contributed by atoms with Crippen molar-refractivity contribution < 1.29 is 38.1 Å². The first-order valence-electron chi connectivity index (χ1n) is 18.5. The van der Waals surface area contributed by atoms with Crippen molar-refractivity contribution in [1.29, 1.82) is 0 Å². The third kappa shape index (κ3) is 14.1. The van der Waals surface area contributed by atoms with Gasteiger partial charge in [-0.15, -0.1) is 0 Å². The van der Waals surface area contributed by atoms with Crippen molar-refractivity contribution in [1.82, 2.24) is 15.5 Å². The minimum atomic E-state index is -2.25. The Labute approximate surface area is 316 Å². The fraction of sp³-hybridized carbons (Fsp3) is 0.537. The van der Waals surface area contributed by atoms with E-state index in [0.29, 0.717) is 19.0 Å².